The average Bonchev–Trinajstić information content (AvgIpc) is 2.48. The number of aliphatic hydroxyl groups is 1. The van der Waals surface area contributed by atoms with Gasteiger partial charge in [-0.1, -0.05) is 0 Å². The van der Waals surface area contributed by atoms with Gasteiger partial charge in [0.2, 0.25) is 0 Å². The topological polar surface area (TPSA) is 52.8 Å². The molecule has 0 spiro atoms. The second kappa shape index (κ2) is 4.66. The van der Waals surface area contributed by atoms with Crippen molar-refractivity contribution < 1.29 is 14.6 Å². The average molecular weight is 160 g/mol. The minimum absolute atomic E-state index is 0.0804. The van der Waals surface area contributed by atoms with Crippen molar-refractivity contribution in [2.24, 2.45) is 0 Å². The van der Waals surface area contributed by atoms with Gasteiger partial charge in [-0.2, -0.15) is 0 Å². The van der Waals surface area contributed by atoms with Crippen molar-refractivity contribution in [1.82, 2.24) is 5.32 Å². The third-order valence-electron chi connectivity index (χ3n) is 1.73. The number of ether oxygens (including phenoxy) is 2. The Labute approximate surface area is 66.5 Å². The summed E-state index contributed by atoms with van der Waals surface area (Å²) in [4.78, 5) is 0. The first-order valence-electron chi connectivity index (χ1n) is 3.74. The monoisotopic (exact) mass is 160 g/mol. The van der Waals surface area contributed by atoms with E-state index in [4.69, 9.17) is 14.6 Å². The van der Waals surface area contributed by atoms with E-state index in [2.05, 4.69) is 5.32 Å². The molecule has 0 bridgehead atoms. The molecular weight excluding hydrogens is 146 g/mol. The summed E-state index contributed by atoms with van der Waals surface area (Å²) in [5.41, 5.74) is 0. The van der Waals surface area contributed by atoms with Gasteiger partial charge in [0.15, 0.2) is 0 Å². The Morgan fingerprint density at radius 1 is 1.64 bits per heavy atom. The Kier molecular flexibility index (Phi) is 3.79. The summed E-state index contributed by atoms with van der Waals surface area (Å²) in [5.74, 6) is 0. The Balaban J connectivity index is 2.09. The highest BCUT2D eigenvalue weighted by atomic mass is 16.7. The van der Waals surface area contributed by atoms with Crippen LogP contribution in [0.1, 0.15) is 6.42 Å². The van der Waals surface area contributed by atoms with Crippen LogP contribution in [0.25, 0.3) is 0 Å². The van der Waals surface area contributed by atoms with Gasteiger partial charge in [0.25, 0.3) is 0 Å². The van der Waals surface area contributed by atoms with Crippen LogP contribution in [-0.2, 0) is 9.47 Å². The number of aliphatic hydroxyl groups excluding tert-OH is 1. The smallest absolute Gasteiger partial charge is 0.146 e. The van der Waals surface area contributed by atoms with Crippen molar-refractivity contribution in [3.05, 3.63) is 0 Å². The molecule has 4 nitrogen and oxygen atoms in total. The van der Waals surface area contributed by atoms with E-state index in [-0.39, 0.29) is 18.8 Å². The van der Waals surface area contributed by atoms with Gasteiger partial charge < -0.3 is 14.6 Å². The minimum atomic E-state index is 0.0804. The molecule has 1 aliphatic heterocycles. The van der Waals surface area contributed by atoms with Gasteiger partial charge in [-0.15, -0.1) is 0 Å². The summed E-state index contributed by atoms with van der Waals surface area (Å²) >= 11 is 0. The highest BCUT2D eigenvalue weighted by Gasteiger charge is 2.24. The molecule has 2 atom stereocenters. The van der Waals surface area contributed by atoms with Crippen molar-refractivity contribution in [1.29, 1.82) is 0 Å². The lowest BCUT2D eigenvalue weighted by molar-refractivity contribution is -0.0653. The molecule has 1 saturated heterocycles. The van der Waals surface area contributed by atoms with Crippen LogP contribution in [0.15, 0.2) is 0 Å². The van der Waals surface area contributed by atoms with Crippen LogP contribution >= 0.6 is 0 Å². The lowest BCUT2D eigenvalue weighted by Crippen LogP contribution is -2.17. The molecule has 1 radical (unpaired) electrons. The summed E-state index contributed by atoms with van der Waals surface area (Å²) in [6.45, 7) is 1.14. The lowest BCUT2D eigenvalue weighted by Gasteiger charge is -2.08. The maximum absolute atomic E-state index is 8.73. The fraction of sp³-hybridized carbons (Fsp3) is 1.00. The van der Waals surface area contributed by atoms with Crippen LogP contribution in [0.5, 0.6) is 0 Å². The summed E-state index contributed by atoms with van der Waals surface area (Å²) in [5, 5.41) is 12.9. The fourth-order valence-electron chi connectivity index (χ4n) is 1.14. The second-order valence-electron chi connectivity index (χ2n) is 2.63. The van der Waals surface area contributed by atoms with Crippen LogP contribution in [0, 0.1) is 0 Å². The predicted molar refractivity (Wildman–Crippen MR) is 39.2 cm³/mol. The third-order valence-corrected chi connectivity index (χ3v) is 1.73. The van der Waals surface area contributed by atoms with Crippen LogP contribution in [0.2, 0.25) is 0 Å². The molecule has 0 aromatic carbocycles. The molecule has 0 aliphatic carbocycles. The zero-order valence-electron chi connectivity index (χ0n) is 6.69. The van der Waals surface area contributed by atoms with E-state index in [1.165, 1.54) is 0 Å². The summed E-state index contributed by atoms with van der Waals surface area (Å²) in [7, 11) is 1.59. The second-order valence-corrected chi connectivity index (χ2v) is 2.63. The summed E-state index contributed by atoms with van der Waals surface area (Å²) in [6, 6.07) is 0.0804. The first-order valence-corrected chi connectivity index (χ1v) is 3.74. The molecule has 4 heteroatoms. The molecule has 1 rings (SSSR count). The highest BCUT2D eigenvalue weighted by molar-refractivity contribution is 4.80. The van der Waals surface area contributed by atoms with Crippen molar-refractivity contribution >= 4 is 0 Å². The van der Waals surface area contributed by atoms with Gasteiger partial charge >= 0.3 is 0 Å². The van der Waals surface area contributed by atoms with Gasteiger partial charge in [-0.05, 0) is 6.42 Å². The molecule has 1 N–H and O–H groups in total. The van der Waals surface area contributed by atoms with Crippen LogP contribution in [0.4, 0.5) is 0 Å². The molecule has 1 fully saturated rings. The first-order chi connectivity index (χ1) is 5.36. The number of hydrogen-bond donors (Lipinski definition) is 1. The van der Waals surface area contributed by atoms with Gasteiger partial charge in [-0.3, -0.25) is 0 Å². The Bertz CT molecular complexity index is 110. The fourth-order valence-corrected chi connectivity index (χ4v) is 1.14. The quantitative estimate of drug-likeness (QED) is 0.556. The van der Waals surface area contributed by atoms with Crippen LogP contribution in [-0.4, -0.2) is 44.3 Å². The van der Waals surface area contributed by atoms with Gasteiger partial charge in [-0.25, -0.2) is 5.32 Å². The molecule has 65 valence electrons. The van der Waals surface area contributed by atoms with Crippen molar-refractivity contribution in [3.8, 4) is 0 Å². The van der Waals surface area contributed by atoms with Crippen LogP contribution in [0.3, 0.4) is 0 Å². The van der Waals surface area contributed by atoms with Crippen molar-refractivity contribution in [2.45, 2.75) is 18.6 Å². The molecule has 2 unspecified atom stereocenters. The first kappa shape index (κ1) is 8.93. The van der Waals surface area contributed by atoms with E-state index in [1.807, 2.05) is 0 Å². The van der Waals surface area contributed by atoms with Crippen molar-refractivity contribution in [2.75, 3.05) is 27.1 Å². The van der Waals surface area contributed by atoms with E-state index in [9.17, 15) is 0 Å². The van der Waals surface area contributed by atoms with Gasteiger partial charge in [0.1, 0.15) is 6.79 Å². The maximum Gasteiger partial charge on any atom is 0.146 e. The highest BCUT2D eigenvalue weighted by Crippen LogP contribution is 2.10. The van der Waals surface area contributed by atoms with E-state index < -0.39 is 0 Å². The third kappa shape index (κ3) is 2.75. The molecular formula is C7H14NO3. The number of methoxy groups -OCH3 is 1. The molecule has 0 aromatic rings. The molecule has 1 heterocycles. The van der Waals surface area contributed by atoms with Gasteiger partial charge in [0, 0.05) is 13.7 Å². The summed E-state index contributed by atoms with van der Waals surface area (Å²) in [6.07, 6.45) is 0.965. The zero-order chi connectivity index (χ0) is 8.10. The van der Waals surface area contributed by atoms with E-state index in [1.54, 1.807) is 7.11 Å². The van der Waals surface area contributed by atoms with E-state index in [0.29, 0.717) is 13.3 Å². The largest absolute Gasteiger partial charge is 0.395 e. The molecule has 1 aliphatic rings. The molecule has 0 amide bonds. The van der Waals surface area contributed by atoms with Gasteiger partial charge in [0.05, 0.1) is 18.8 Å². The maximum atomic E-state index is 8.73. The Hall–Kier alpha value is -0.160. The molecule has 0 saturated carbocycles. The number of rotatable bonds is 4. The van der Waals surface area contributed by atoms with Crippen LogP contribution < -0.4 is 5.32 Å². The number of hydrogen-bond acceptors (Lipinski definition) is 3. The SMILES string of the molecule is COCOC1C[N]C(CO)C1. The Morgan fingerprint density at radius 2 is 2.45 bits per heavy atom. The summed E-state index contributed by atoms with van der Waals surface area (Å²) < 4.78 is 10.0. The lowest BCUT2D eigenvalue weighted by atomic mass is 10.2. The number of nitrogens with zero attached hydrogens (tertiary/aromatic N) is 1. The molecule has 0 aromatic heterocycles. The standard InChI is InChI=1S/C7H14NO3/c1-10-5-11-7-2-6(4-9)8-3-7/h6-7,9H,2-5H2,1H3. The van der Waals surface area contributed by atoms with E-state index >= 15 is 0 Å². The Morgan fingerprint density at radius 3 is 3.00 bits per heavy atom. The zero-order valence-corrected chi connectivity index (χ0v) is 6.69. The normalized spacial score (nSPS) is 31.1. The minimum Gasteiger partial charge on any atom is -0.395 e. The van der Waals surface area contributed by atoms with E-state index in [0.717, 1.165) is 6.42 Å². The molecule has 11 heavy (non-hydrogen) atoms. The van der Waals surface area contributed by atoms with Crippen molar-refractivity contribution in [3.63, 3.8) is 0 Å². The predicted octanol–water partition coefficient (Wildman–Crippen LogP) is -0.656.